The molecular weight excluding hydrogens is 268 g/mol. The lowest BCUT2D eigenvalue weighted by atomic mass is 10.1. The van der Waals surface area contributed by atoms with Crippen LogP contribution < -0.4 is 5.73 Å². The van der Waals surface area contributed by atoms with Crippen LogP contribution in [0.5, 0.6) is 0 Å². The molecule has 20 heavy (non-hydrogen) atoms. The third kappa shape index (κ3) is 3.25. The predicted molar refractivity (Wildman–Crippen MR) is 72.0 cm³/mol. The predicted octanol–water partition coefficient (Wildman–Crippen LogP) is 3.54. The number of nitrogen functional groups attached to an aromatic ring is 1. The van der Waals surface area contributed by atoms with E-state index in [0.717, 1.165) is 12.1 Å². The van der Waals surface area contributed by atoms with E-state index in [-0.39, 0.29) is 22.8 Å². The molecule has 7 heteroatoms. The van der Waals surface area contributed by atoms with Gasteiger partial charge in [0.15, 0.2) is 0 Å². The van der Waals surface area contributed by atoms with Crippen LogP contribution >= 0.6 is 0 Å². The highest BCUT2D eigenvalue weighted by Crippen LogP contribution is 2.26. The molecule has 2 rings (SSSR count). The fourth-order valence-electron chi connectivity index (χ4n) is 1.47. The van der Waals surface area contributed by atoms with E-state index in [2.05, 4.69) is 4.98 Å². The van der Waals surface area contributed by atoms with Gasteiger partial charge >= 0.3 is 5.69 Å². The summed E-state index contributed by atoms with van der Waals surface area (Å²) in [6.45, 7) is 4.00. The maximum absolute atomic E-state index is 13.5. The van der Waals surface area contributed by atoms with Crippen molar-refractivity contribution in [3.05, 3.63) is 52.1 Å². The molecule has 0 amide bonds. The molecule has 106 valence electrons. The van der Waals surface area contributed by atoms with E-state index in [0.29, 0.717) is 6.07 Å². The number of pyridine rings is 1. The van der Waals surface area contributed by atoms with Crippen LogP contribution in [0.4, 0.5) is 20.3 Å². The van der Waals surface area contributed by atoms with Gasteiger partial charge in [-0.2, -0.15) is 0 Å². The van der Waals surface area contributed by atoms with Gasteiger partial charge in [0.2, 0.25) is 5.82 Å². The highest BCUT2D eigenvalue weighted by atomic mass is 19.1. The summed E-state index contributed by atoms with van der Waals surface area (Å²) in [6.07, 6.45) is 0. The number of hydrogen-bond donors (Lipinski definition) is 1. The molecule has 0 atom stereocenters. The number of nitrogens with two attached hydrogens (primary N) is 1. The second kappa shape index (κ2) is 6.55. The largest absolute Gasteiger partial charge is 0.378 e. The molecule has 1 heterocycles. The summed E-state index contributed by atoms with van der Waals surface area (Å²) in [5.41, 5.74) is 5.16. The third-order valence-corrected chi connectivity index (χ3v) is 2.31. The fraction of sp³-hybridized carbons (Fsp3) is 0.154. The first kappa shape index (κ1) is 15.5. The average molecular weight is 281 g/mol. The van der Waals surface area contributed by atoms with E-state index in [1.165, 1.54) is 12.1 Å². The van der Waals surface area contributed by atoms with Crippen LogP contribution in [-0.2, 0) is 0 Å². The van der Waals surface area contributed by atoms with Crippen molar-refractivity contribution in [2.75, 3.05) is 5.73 Å². The molecule has 0 bridgehead atoms. The van der Waals surface area contributed by atoms with Gasteiger partial charge in [0.05, 0.1) is 10.6 Å². The van der Waals surface area contributed by atoms with Crippen LogP contribution in [-0.4, -0.2) is 9.91 Å². The quantitative estimate of drug-likeness (QED) is 0.674. The second-order valence-electron chi connectivity index (χ2n) is 3.48. The highest BCUT2D eigenvalue weighted by molar-refractivity contribution is 5.65. The van der Waals surface area contributed by atoms with Crippen molar-refractivity contribution in [3.63, 3.8) is 0 Å². The van der Waals surface area contributed by atoms with Crippen molar-refractivity contribution in [2.24, 2.45) is 0 Å². The Kier molecular flexibility index (Phi) is 5.08. The standard InChI is InChI=1S/C11H7F2N3O2.C2H6/c12-6-1-2-7(8(13)5-6)9-3-4-10(16(17)18)11(14)15-9;1-2/h1-5H,(H2,14,15);1-2H3. The zero-order valence-electron chi connectivity index (χ0n) is 10.9. The topological polar surface area (TPSA) is 82.0 Å². The minimum atomic E-state index is -0.809. The van der Waals surface area contributed by atoms with Gasteiger partial charge < -0.3 is 5.73 Å². The van der Waals surface area contributed by atoms with Gasteiger partial charge in [0.1, 0.15) is 11.6 Å². The smallest absolute Gasteiger partial charge is 0.311 e. The van der Waals surface area contributed by atoms with Gasteiger partial charge in [-0.1, -0.05) is 13.8 Å². The second-order valence-corrected chi connectivity index (χ2v) is 3.48. The molecule has 0 fully saturated rings. The number of rotatable bonds is 2. The molecule has 2 N–H and O–H groups in total. The van der Waals surface area contributed by atoms with Crippen molar-refractivity contribution in [1.82, 2.24) is 4.98 Å². The van der Waals surface area contributed by atoms with Crippen LogP contribution in [0.1, 0.15) is 13.8 Å². The SMILES string of the molecule is CC.Nc1nc(-c2ccc(F)cc2F)ccc1[N+](=O)[O-]. The Hall–Kier alpha value is -2.57. The molecule has 0 radical (unpaired) electrons. The average Bonchev–Trinajstić information content (AvgIpc) is 2.40. The fourth-order valence-corrected chi connectivity index (χ4v) is 1.47. The minimum Gasteiger partial charge on any atom is -0.378 e. The summed E-state index contributed by atoms with van der Waals surface area (Å²) in [6, 6.07) is 5.34. The molecule has 1 aromatic carbocycles. The van der Waals surface area contributed by atoms with Crippen molar-refractivity contribution in [3.8, 4) is 11.3 Å². The van der Waals surface area contributed by atoms with Crippen LogP contribution in [0.25, 0.3) is 11.3 Å². The Labute approximate surface area is 114 Å². The lowest BCUT2D eigenvalue weighted by molar-refractivity contribution is -0.384. The lowest BCUT2D eigenvalue weighted by Crippen LogP contribution is -2.00. The Balaban J connectivity index is 0.000000956. The van der Waals surface area contributed by atoms with Gasteiger partial charge in [0, 0.05) is 17.7 Å². The number of halogens is 2. The van der Waals surface area contributed by atoms with Crippen molar-refractivity contribution in [2.45, 2.75) is 13.8 Å². The van der Waals surface area contributed by atoms with Gasteiger partial charge in [-0.25, -0.2) is 13.8 Å². The van der Waals surface area contributed by atoms with Crippen LogP contribution in [0.15, 0.2) is 30.3 Å². The molecule has 0 saturated heterocycles. The van der Waals surface area contributed by atoms with Gasteiger partial charge in [-0.15, -0.1) is 0 Å². The Morgan fingerprint density at radius 2 is 1.85 bits per heavy atom. The van der Waals surface area contributed by atoms with Gasteiger partial charge in [-0.05, 0) is 18.2 Å². The third-order valence-electron chi connectivity index (χ3n) is 2.31. The molecule has 5 nitrogen and oxygen atoms in total. The van der Waals surface area contributed by atoms with Crippen LogP contribution in [0.2, 0.25) is 0 Å². The number of benzene rings is 1. The summed E-state index contributed by atoms with van der Waals surface area (Å²) >= 11 is 0. The van der Waals surface area contributed by atoms with E-state index in [1.54, 1.807) is 0 Å². The van der Waals surface area contributed by atoms with E-state index in [1.807, 2.05) is 13.8 Å². The monoisotopic (exact) mass is 281 g/mol. The van der Waals surface area contributed by atoms with Crippen LogP contribution in [0.3, 0.4) is 0 Å². The lowest BCUT2D eigenvalue weighted by Gasteiger charge is -2.04. The molecule has 0 unspecified atom stereocenters. The Morgan fingerprint density at radius 1 is 1.20 bits per heavy atom. The summed E-state index contributed by atoms with van der Waals surface area (Å²) in [7, 11) is 0. The maximum Gasteiger partial charge on any atom is 0.311 e. The zero-order valence-corrected chi connectivity index (χ0v) is 10.9. The van der Waals surface area contributed by atoms with E-state index in [9.17, 15) is 18.9 Å². The summed E-state index contributed by atoms with van der Waals surface area (Å²) in [5, 5.41) is 10.5. The Morgan fingerprint density at radius 3 is 2.35 bits per heavy atom. The molecule has 0 aliphatic heterocycles. The molecule has 2 aromatic rings. The van der Waals surface area contributed by atoms with Crippen molar-refractivity contribution < 1.29 is 13.7 Å². The van der Waals surface area contributed by atoms with E-state index >= 15 is 0 Å². The number of anilines is 1. The molecule has 0 aliphatic rings. The number of nitrogens with zero attached hydrogens (tertiary/aromatic N) is 2. The summed E-state index contributed by atoms with van der Waals surface area (Å²) < 4.78 is 26.2. The molecule has 1 aromatic heterocycles. The molecular formula is C13H13F2N3O2. The van der Waals surface area contributed by atoms with Gasteiger partial charge in [0.25, 0.3) is 0 Å². The minimum absolute atomic E-state index is 0.0259. The van der Waals surface area contributed by atoms with Crippen molar-refractivity contribution >= 4 is 11.5 Å². The first-order valence-corrected chi connectivity index (χ1v) is 5.85. The number of hydrogen-bond acceptors (Lipinski definition) is 4. The maximum atomic E-state index is 13.5. The molecule has 0 aliphatic carbocycles. The zero-order chi connectivity index (χ0) is 15.3. The number of nitro groups is 1. The Bertz CT molecular complexity index is 633. The summed E-state index contributed by atoms with van der Waals surface area (Å²) in [4.78, 5) is 13.6. The first-order valence-electron chi connectivity index (χ1n) is 5.85. The molecule has 0 saturated carbocycles. The molecule has 0 spiro atoms. The normalized spacial score (nSPS) is 9.60. The summed E-state index contributed by atoms with van der Waals surface area (Å²) in [5.74, 6) is -1.84. The first-order chi connectivity index (χ1) is 9.49. The van der Waals surface area contributed by atoms with Crippen LogP contribution in [0, 0.1) is 21.7 Å². The van der Waals surface area contributed by atoms with E-state index < -0.39 is 16.6 Å². The highest BCUT2D eigenvalue weighted by Gasteiger charge is 2.15. The van der Waals surface area contributed by atoms with Crippen molar-refractivity contribution in [1.29, 1.82) is 0 Å². The number of aromatic nitrogens is 1. The van der Waals surface area contributed by atoms with E-state index in [4.69, 9.17) is 5.73 Å². The van der Waals surface area contributed by atoms with Gasteiger partial charge in [-0.3, -0.25) is 10.1 Å².